The molecule has 15 heavy (non-hydrogen) atoms. The largest absolute Gasteiger partial charge is 0.192 e. The zero-order chi connectivity index (χ0) is 10.7. The summed E-state index contributed by atoms with van der Waals surface area (Å²) in [6, 6.07) is 10.3. The fourth-order valence-electron chi connectivity index (χ4n) is 2.02. The molecule has 1 fully saturated rings. The van der Waals surface area contributed by atoms with Crippen molar-refractivity contribution in [1.29, 1.82) is 5.26 Å². The Morgan fingerprint density at radius 1 is 1.13 bits per heavy atom. The normalized spacial score (nSPS) is 15.1. The summed E-state index contributed by atoms with van der Waals surface area (Å²) >= 11 is 3.40. The SMILES string of the molecule is N#CC(=C1CCCC1)c1ccc(Br)cc1. The Kier molecular flexibility index (Phi) is 3.23. The van der Waals surface area contributed by atoms with Gasteiger partial charge in [-0.15, -0.1) is 0 Å². The molecule has 2 heteroatoms. The molecule has 1 aromatic carbocycles. The average Bonchev–Trinajstić information content (AvgIpc) is 2.75. The molecule has 2 rings (SSSR count). The highest BCUT2D eigenvalue weighted by Gasteiger charge is 2.13. The summed E-state index contributed by atoms with van der Waals surface area (Å²) in [5, 5.41) is 9.19. The lowest BCUT2D eigenvalue weighted by molar-refractivity contribution is 0.886. The maximum Gasteiger partial charge on any atom is 0.0997 e. The first-order valence-corrected chi connectivity index (χ1v) is 5.98. The van der Waals surface area contributed by atoms with E-state index in [0.29, 0.717) is 0 Å². The van der Waals surface area contributed by atoms with Crippen molar-refractivity contribution in [2.24, 2.45) is 0 Å². The van der Waals surface area contributed by atoms with Crippen molar-refractivity contribution >= 4 is 21.5 Å². The number of rotatable bonds is 1. The predicted octanol–water partition coefficient (Wildman–Crippen LogP) is 4.30. The lowest BCUT2D eigenvalue weighted by Crippen LogP contribution is -1.86. The molecule has 0 bridgehead atoms. The molecule has 1 aromatic rings. The van der Waals surface area contributed by atoms with E-state index in [2.05, 4.69) is 22.0 Å². The molecule has 1 nitrogen and oxygen atoms in total. The van der Waals surface area contributed by atoms with Gasteiger partial charge in [-0.3, -0.25) is 0 Å². The van der Waals surface area contributed by atoms with Crippen LogP contribution in [0, 0.1) is 11.3 Å². The molecular formula is C13H12BrN. The van der Waals surface area contributed by atoms with Gasteiger partial charge in [-0.1, -0.05) is 33.6 Å². The summed E-state index contributed by atoms with van der Waals surface area (Å²) in [5.74, 6) is 0. The van der Waals surface area contributed by atoms with Crippen LogP contribution in [0.4, 0.5) is 0 Å². The second-order valence-electron chi connectivity index (χ2n) is 3.80. The first kappa shape index (κ1) is 10.4. The van der Waals surface area contributed by atoms with E-state index in [1.165, 1.54) is 18.4 Å². The number of hydrogen-bond acceptors (Lipinski definition) is 1. The van der Waals surface area contributed by atoms with E-state index in [4.69, 9.17) is 0 Å². The van der Waals surface area contributed by atoms with Crippen LogP contribution in [0.1, 0.15) is 31.2 Å². The highest BCUT2D eigenvalue weighted by Crippen LogP contribution is 2.31. The summed E-state index contributed by atoms with van der Waals surface area (Å²) in [6.45, 7) is 0. The summed E-state index contributed by atoms with van der Waals surface area (Å²) in [4.78, 5) is 0. The molecule has 1 aliphatic rings. The van der Waals surface area contributed by atoms with Crippen LogP contribution in [0.15, 0.2) is 34.3 Å². The van der Waals surface area contributed by atoms with Crippen LogP contribution in [-0.4, -0.2) is 0 Å². The van der Waals surface area contributed by atoms with Crippen molar-refractivity contribution in [3.8, 4) is 6.07 Å². The van der Waals surface area contributed by atoms with Gasteiger partial charge < -0.3 is 0 Å². The van der Waals surface area contributed by atoms with Gasteiger partial charge in [0.25, 0.3) is 0 Å². The Morgan fingerprint density at radius 2 is 1.73 bits per heavy atom. The quantitative estimate of drug-likeness (QED) is 0.692. The van der Waals surface area contributed by atoms with Crippen LogP contribution in [0.5, 0.6) is 0 Å². The fraction of sp³-hybridized carbons (Fsp3) is 0.308. The molecule has 0 amide bonds. The van der Waals surface area contributed by atoms with E-state index in [-0.39, 0.29) is 0 Å². The van der Waals surface area contributed by atoms with Gasteiger partial charge in [-0.2, -0.15) is 5.26 Å². The molecule has 1 aliphatic carbocycles. The molecule has 76 valence electrons. The van der Waals surface area contributed by atoms with Gasteiger partial charge in [-0.05, 0) is 43.4 Å². The zero-order valence-corrected chi connectivity index (χ0v) is 10.0. The molecule has 0 spiro atoms. The zero-order valence-electron chi connectivity index (χ0n) is 8.46. The summed E-state index contributed by atoms with van der Waals surface area (Å²) in [7, 11) is 0. The van der Waals surface area contributed by atoms with E-state index in [1.807, 2.05) is 24.3 Å². The first-order valence-electron chi connectivity index (χ1n) is 5.19. The molecule has 0 radical (unpaired) electrons. The Bertz CT molecular complexity index is 415. The van der Waals surface area contributed by atoms with Crippen molar-refractivity contribution in [1.82, 2.24) is 0 Å². The monoisotopic (exact) mass is 261 g/mol. The fourth-order valence-corrected chi connectivity index (χ4v) is 2.28. The number of allylic oxidation sites excluding steroid dienone is 2. The van der Waals surface area contributed by atoms with E-state index < -0.39 is 0 Å². The molecule has 0 aliphatic heterocycles. The summed E-state index contributed by atoms with van der Waals surface area (Å²) in [6.07, 6.45) is 4.66. The van der Waals surface area contributed by atoms with Gasteiger partial charge in [-0.25, -0.2) is 0 Å². The Hall–Kier alpha value is -1.07. The molecule has 0 aromatic heterocycles. The van der Waals surface area contributed by atoms with Gasteiger partial charge in [0, 0.05) is 4.47 Å². The minimum Gasteiger partial charge on any atom is -0.192 e. The van der Waals surface area contributed by atoms with Crippen LogP contribution in [-0.2, 0) is 0 Å². The Labute approximate surface area is 98.6 Å². The van der Waals surface area contributed by atoms with Crippen LogP contribution < -0.4 is 0 Å². The summed E-state index contributed by atoms with van der Waals surface area (Å²) in [5.41, 5.74) is 3.28. The second kappa shape index (κ2) is 4.63. The minimum absolute atomic E-state index is 0.889. The van der Waals surface area contributed by atoms with Crippen molar-refractivity contribution < 1.29 is 0 Å². The molecule has 0 heterocycles. The van der Waals surface area contributed by atoms with Gasteiger partial charge in [0.1, 0.15) is 0 Å². The van der Waals surface area contributed by atoms with Gasteiger partial charge in [0.2, 0.25) is 0 Å². The van der Waals surface area contributed by atoms with Crippen LogP contribution in [0.2, 0.25) is 0 Å². The maximum atomic E-state index is 9.19. The van der Waals surface area contributed by atoms with Gasteiger partial charge in [0.15, 0.2) is 0 Å². The smallest absolute Gasteiger partial charge is 0.0997 e. The molecule has 0 unspecified atom stereocenters. The molecule has 0 N–H and O–H groups in total. The van der Waals surface area contributed by atoms with E-state index in [0.717, 1.165) is 28.5 Å². The van der Waals surface area contributed by atoms with E-state index >= 15 is 0 Å². The Morgan fingerprint density at radius 3 is 2.27 bits per heavy atom. The molecule has 1 saturated carbocycles. The van der Waals surface area contributed by atoms with Gasteiger partial charge >= 0.3 is 0 Å². The van der Waals surface area contributed by atoms with Crippen LogP contribution in [0.3, 0.4) is 0 Å². The number of hydrogen-bond donors (Lipinski definition) is 0. The topological polar surface area (TPSA) is 23.8 Å². The van der Waals surface area contributed by atoms with Crippen molar-refractivity contribution in [3.05, 3.63) is 39.9 Å². The number of benzene rings is 1. The van der Waals surface area contributed by atoms with Crippen molar-refractivity contribution in [3.63, 3.8) is 0 Å². The van der Waals surface area contributed by atoms with Crippen LogP contribution >= 0.6 is 15.9 Å². The van der Waals surface area contributed by atoms with Crippen LogP contribution in [0.25, 0.3) is 5.57 Å². The molecule has 0 atom stereocenters. The van der Waals surface area contributed by atoms with E-state index in [9.17, 15) is 5.26 Å². The number of nitrogens with zero attached hydrogens (tertiary/aromatic N) is 1. The summed E-state index contributed by atoms with van der Waals surface area (Å²) < 4.78 is 1.06. The number of nitriles is 1. The Balaban J connectivity index is 2.39. The predicted molar refractivity (Wildman–Crippen MR) is 65.1 cm³/mol. The average molecular weight is 262 g/mol. The standard InChI is InChI=1S/C13H12BrN/c14-12-7-5-11(6-8-12)13(9-15)10-3-1-2-4-10/h5-8H,1-4H2. The third-order valence-corrected chi connectivity index (χ3v) is 3.33. The van der Waals surface area contributed by atoms with Crippen molar-refractivity contribution in [2.75, 3.05) is 0 Å². The second-order valence-corrected chi connectivity index (χ2v) is 4.72. The van der Waals surface area contributed by atoms with Gasteiger partial charge in [0.05, 0.1) is 11.6 Å². The van der Waals surface area contributed by atoms with Crippen molar-refractivity contribution in [2.45, 2.75) is 25.7 Å². The number of halogens is 1. The highest BCUT2D eigenvalue weighted by atomic mass is 79.9. The molecule has 0 saturated heterocycles. The van der Waals surface area contributed by atoms with E-state index in [1.54, 1.807) is 0 Å². The third-order valence-electron chi connectivity index (χ3n) is 2.81. The lowest BCUT2D eigenvalue weighted by Gasteiger charge is -2.03. The minimum atomic E-state index is 0.889. The highest BCUT2D eigenvalue weighted by molar-refractivity contribution is 9.10. The maximum absolute atomic E-state index is 9.19. The first-order chi connectivity index (χ1) is 7.31. The molecular weight excluding hydrogens is 250 g/mol. The third kappa shape index (κ3) is 2.30. The lowest BCUT2D eigenvalue weighted by atomic mass is 10.0.